The predicted octanol–water partition coefficient (Wildman–Crippen LogP) is 2.22. The molecule has 0 aromatic rings. The van der Waals surface area contributed by atoms with E-state index in [1.54, 1.807) is 0 Å². The highest BCUT2D eigenvalue weighted by atomic mass is 16.1. The van der Waals surface area contributed by atoms with E-state index in [-0.39, 0.29) is 0 Å². The van der Waals surface area contributed by atoms with Crippen molar-refractivity contribution in [1.82, 2.24) is 15.1 Å². The second kappa shape index (κ2) is 5.59. The Morgan fingerprint density at radius 2 is 1.91 bits per heavy atom. The summed E-state index contributed by atoms with van der Waals surface area (Å²) >= 11 is 0. The molecule has 4 heteroatoms. The van der Waals surface area contributed by atoms with Crippen LogP contribution in [-0.2, 0) is 4.79 Å². The number of carbonyl (C=O) groups is 1. The summed E-state index contributed by atoms with van der Waals surface area (Å²) in [5, 5.41) is 3.66. The predicted molar refractivity (Wildman–Crippen MR) is 91.9 cm³/mol. The van der Waals surface area contributed by atoms with E-state index in [9.17, 15) is 4.79 Å². The van der Waals surface area contributed by atoms with Gasteiger partial charge in [0, 0.05) is 43.9 Å². The number of ketones is 1. The van der Waals surface area contributed by atoms with E-state index in [0.717, 1.165) is 32.6 Å². The molecule has 4 fully saturated rings. The molecule has 0 bridgehead atoms. The van der Waals surface area contributed by atoms with Gasteiger partial charge in [-0.2, -0.15) is 0 Å². The van der Waals surface area contributed by atoms with Gasteiger partial charge in [0.1, 0.15) is 0 Å². The van der Waals surface area contributed by atoms with Gasteiger partial charge in [0.2, 0.25) is 0 Å². The van der Waals surface area contributed by atoms with E-state index in [1.165, 1.54) is 37.1 Å². The summed E-state index contributed by atoms with van der Waals surface area (Å²) in [6.45, 7) is 12.4. The number of allylic oxidation sites excluding steroid dienone is 2. The van der Waals surface area contributed by atoms with Gasteiger partial charge in [0.15, 0.2) is 5.78 Å². The maximum atomic E-state index is 12.4. The summed E-state index contributed by atoms with van der Waals surface area (Å²) < 4.78 is 0. The average Bonchev–Trinajstić information content (AvgIpc) is 2.92. The van der Waals surface area contributed by atoms with Crippen LogP contribution in [-0.4, -0.2) is 54.5 Å². The molecule has 0 aromatic heterocycles. The third kappa shape index (κ3) is 2.54. The number of fused-ring (bicyclic) bond motifs is 1. The van der Waals surface area contributed by atoms with Gasteiger partial charge in [-0.3, -0.25) is 9.69 Å². The molecular formula is C19H31N3O. The SMILES string of the molecule is CC(=C1C(=O)CC2C1C2(C)C)N1CCN(C2CCCCN2)CC1. The molecule has 0 aromatic carbocycles. The van der Waals surface area contributed by atoms with Crippen LogP contribution in [0.3, 0.4) is 0 Å². The first-order valence-corrected chi connectivity index (χ1v) is 9.46. The lowest BCUT2D eigenvalue weighted by molar-refractivity contribution is -0.115. The summed E-state index contributed by atoms with van der Waals surface area (Å²) in [6.07, 6.45) is 5.33. The molecule has 3 unspecified atom stereocenters. The van der Waals surface area contributed by atoms with Crippen LogP contribution < -0.4 is 5.32 Å². The molecule has 4 rings (SSSR count). The molecule has 2 heterocycles. The van der Waals surface area contributed by atoms with Gasteiger partial charge < -0.3 is 10.2 Å². The van der Waals surface area contributed by atoms with E-state index in [0.29, 0.717) is 29.2 Å². The highest BCUT2D eigenvalue weighted by Gasteiger charge is 2.65. The number of piperazine rings is 1. The van der Waals surface area contributed by atoms with E-state index >= 15 is 0 Å². The highest BCUT2D eigenvalue weighted by Crippen LogP contribution is 2.68. The molecule has 0 amide bonds. The van der Waals surface area contributed by atoms with E-state index in [1.807, 2.05) is 0 Å². The zero-order valence-electron chi connectivity index (χ0n) is 14.9. The van der Waals surface area contributed by atoms with Gasteiger partial charge in [0.05, 0.1) is 6.17 Å². The Hall–Kier alpha value is -0.870. The Morgan fingerprint density at radius 1 is 1.17 bits per heavy atom. The number of nitrogens with zero attached hydrogens (tertiary/aromatic N) is 2. The van der Waals surface area contributed by atoms with Crippen molar-refractivity contribution < 1.29 is 4.79 Å². The second-order valence-electron chi connectivity index (χ2n) is 8.52. The Kier molecular flexibility index (Phi) is 3.80. The molecule has 1 N–H and O–H groups in total. The maximum Gasteiger partial charge on any atom is 0.161 e. The van der Waals surface area contributed by atoms with Crippen LogP contribution in [0.25, 0.3) is 0 Å². The average molecular weight is 317 g/mol. The molecule has 0 spiro atoms. The molecule has 4 aliphatic rings. The fourth-order valence-electron chi connectivity index (χ4n) is 5.29. The first kappa shape index (κ1) is 15.6. The first-order chi connectivity index (χ1) is 11.0. The Morgan fingerprint density at radius 3 is 2.52 bits per heavy atom. The standard InChI is InChI=1S/C19H31N3O/c1-13(17-15(23)12-14-18(17)19(14,2)3)21-8-10-22(11-9-21)16-6-4-5-7-20-16/h14,16,18,20H,4-12H2,1-3H3. The minimum Gasteiger partial charge on any atom is -0.372 e. The van der Waals surface area contributed by atoms with E-state index < -0.39 is 0 Å². The second-order valence-corrected chi connectivity index (χ2v) is 8.52. The van der Waals surface area contributed by atoms with Gasteiger partial charge in [-0.25, -0.2) is 0 Å². The van der Waals surface area contributed by atoms with Gasteiger partial charge in [-0.15, -0.1) is 0 Å². The molecule has 4 nitrogen and oxygen atoms in total. The zero-order valence-corrected chi connectivity index (χ0v) is 14.9. The lowest BCUT2D eigenvalue weighted by Crippen LogP contribution is -2.55. The summed E-state index contributed by atoms with van der Waals surface area (Å²) in [5.41, 5.74) is 2.81. The molecule has 2 aliphatic heterocycles. The smallest absolute Gasteiger partial charge is 0.161 e. The summed E-state index contributed by atoms with van der Waals surface area (Å²) in [7, 11) is 0. The van der Waals surface area contributed by atoms with Crippen LogP contribution >= 0.6 is 0 Å². The van der Waals surface area contributed by atoms with Crippen molar-refractivity contribution in [2.45, 2.75) is 52.6 Å². The lowest BCUT2D eigenvalue weighted by Gasteiger charge is -2.42. The topological polar surface area (TPSA) is 35.6 Å². The summed E-state index contributed by atoms with van der Waals surface area (Å²) in [6, 6.07) is 0. The normalized spacial score (nSPS) is 39.3. The fourth-order valence-corrected chi connectivity index (χ4v) is 5.29. The monoisotopic (exact) mass is 317 g/mol. The Balaban J connectivity index is 1.42. The van der Waals surface area contributed by atoms with Crippen molar-refractivity contribution in [3.05, 3.63) is 11.3 Å². The van der Waals surface area contributed by atoms with Crippen LogP contribution in [0.1, 0.15) is 46.5 Å². The largest absolute Gasteiger partial charge is 0.372 e. The van der Waals surface area contributed by atoms with Crippen molar-refractivity contribution in [2.75, 3.05) is 32.7 Å². The summed E-state index contributed by atoms with van der Waals surface area (Å²) in [5.74, 6) is 1.58. The van der Waals surface area contributed by atoms with E-state index in [4.69, 9.17) is 0 Å². The fraction of sp³-hybridized carbons (Fsp3) is 0.842. The van der Waals surface area contributed by atoms with Crippen molar-refractivity contribution in [3.8, 4) is 0 Å². The number of Topliss-reactive ketones (excluding diaryl/α,β-unsaturated/α-hetero) is 1. The minimum atomic E-state index is 0.359. The van der Waals surface area contributed by atoms with Crippen LogP contribution in [0.2, 0.25) is 0 Å². The third-order valence-electron chi connectivity index (χ3n) is 6.97. The quantitative estimate of drug-likeness (QED) is 0.792. The van der Waals surface area contributed by atoms with Crippen molar-refractivity contribution in [1.29, 1.82) is 0 Å². The molecule has 0 radical (unpaired) electrons. The molecule has 2 aliphatic carbocycles. The van der Waals surface area contributed by atoms with Crippen LogP contribution in [0, 0.1) is 17.3 Å². The minimum absolute atomic E-state index is 0.359. The van der Waals surface area contributed by atoms with Crippen LogP contribution in [0.5, 0.6) is 0 Å². The molecule has 128 valence electrons. The maximum absolute atomic E-state index is 12.4. The number of hydrogen-bond donors (Lipinski definition) is 1. The number of rotatable bonds is 2. The third-order valence-corrected chi connectivity index (χ3v) is 6.97. The van der Waals surface area contributed by atoms with Crippen molar-refractivity contribution >= 4 is 5.78 Å². The van der Waals surface area contributed by atoms with Crippen molar-refractivity contribution in [3.63, 3.8) is 0 Å². The molecule has 2 saturated heterocycles. The van der Waals surface area contributed by atoms with Crippen LogP contribution in [0.15, 0.2) is 11.3 Å². The summed E-state index contributed by atoms with van der Waals surface area (Å²) in [4.78, 5) is 17.5. The van der Waals surface area contributed by atoms with Gasteiger partial charge in [-0.05, 0) is 50.0 Å². The molecule has 2 saturated carbocycles. The zero-order chi connectivity index (χ0) is 16.2. The van der Waals surface area contributed by atoms with Gasteiger partial charge >= 0.3 is 0 Å². The molecule has 23 heavy (non-hydrogen) atoms. The van der Waals surface area contributed by atoms with Crippen LogP contribution in [0.4, 0.5) is 0 Å². The van der Waals surface area contributed by atoms with E-state index in [2.05, 4.69) is 35.9 Å². The van der Waals surface area contributed by atoms with Gasteiger partial charge in [-0.1, -0.05) is 13.8 Å². The molecular weight excluding hydrogens is 286 g/mol. The number of carbonyl (C=O) groups excluding carboxylic acids is 1. The Labute approximate surface area is 140 Å². The first-order valence-electron chi connectivity index (χ1n) is 9.46. The van der Waals surface area contributed by atoms with Gasteiger partial charge in [0.25, 0.3) is 0 Å². The van der Waals surface area contributed by atoms with Crippen molar-refractivity contribution in [2.24, 2.45) is 17.3 Å². The highest BCUT2D eigenvalue weighted by molar-refractivity contribution is 6.01. The molecule has 3 atom stereocenters. The number of piperidine rings is 1. The number of nitrogens with one attached hydrogen (secondary N) is 1. The number of hydrogen-bond acceptors (Lipinski definition) is 4. The Bertz CT molecular complexity index is 525. The lowest BCUT2D eigenvalue weighted by atomic mass is 9.95.